The molecule has 24 heavy (non-hydrogen) atoms. The maximum atomic E-state index is 13.1. The minimum atomic E-state index is -0.272. The van der Waals surface area contributed by atoms with Crippen molar-refractivity contribution >= 4 is 5.78 Å². The van der Waals surface area contributed by atoms with Crippen LogP contribution in [0.4, 0.5) is 4.39 Å². The van der Waals surface area contributed by atoms with Gasteiger partial charge in [0, 0.05) is 25.4 Å². The normalized spacial score (nSPS) is 20.6. The Morgan fingerprint density at radius 2 is 1.92 bits per heavy atom. The van der Waals surface area contributed by atoms with E-state index in [0.29, 0.717) is 6.42 Å². The van der Waals surface area contributed by atoms with E-state index in [1.807, 2.05) is 19.1 Å². The summed E-state index contributed by atoms with van der Waals surface area (Å²) >= 11 is 0. The van der Waals surface area contributed by atoms with Crippen molar-refractivity contribution in [2.24, 2.45) is 5.92 Å². The molecule has 0 saturated carbocycles. The van der Waals surface area contributed by atoms with Crippen molar-refractivity contribution in [1.29, 1.82) is 0 Å². The van der Waals surface area contributed by atoms with Gasteiger partial charge in [-0.2, -0.15) is 0 Å². The predicted molar refractivity (Wildman–Crippen MR) is 92.4 cm³/mol. The SMILES string of the molecule is CC[C@H](C(=O)CC1Cc2ccccc2C1OC)c1ccc(F)cc1. The van der Waals surface area contributed by atoms with Crippen LogP contribution in [0.2, 0.25) is 0 Å². The minimum Gasteiger partial charge on any atom is -0.376 e. The van der Waals surface area contributed by atoms with Gasteiger partial charge < -0.3 is 4.74 Å². The third kappa shape index (κ3) is 3.27. The van der Waals surface area contributed by atoms with E-state index in [0.717, 1.165) is 18.4 Å². The number of carbonyl (C=O) groups excluding carboxylic acids is 1. The highest BCUT2D eigenvalue weighted by Crippen LogP contribution is 2.41. The van der Waals surface area contributed by atoms with E-state index in [2.05, 4.69) is 12.1 Å². The summed E-state index contributed by atoms with van der Waals surface area (Å²) in [5.74, 6) is -0.0584. The molecule has 0 fully saturated rings. The lowest BCUT2D eigenvalue weighted by molar-refractivity contribution is -0.122. The standard InChI is InChI=1S/C21H23FO2/c1-3-18(14-8-10-17(22)11-9-14)20(23)13-16-12-15-6-4-5-7-19(15)21(16)24-2/h4-11,16,18,21H,3,12-13H2,1-2H3/t16?,18-,21?/m0/s1. The first-order valence-electron chi connectivity index (χ1n) is 8.52. The average molecular weight is 326 g/mol. The summed E-state index contributed by atoms with van der Waals surface area (Å²) in [6.07, 6.45) is 2.07. The number of carbonyl (C=O) groups is 1. The summed E-state index contributed by atoms with van der Waals surface area (Å²) in [5.41, 5.74) is 3.37. The third-order valence-electron chi connectivity index (χ3n) is 5.06. The van der Waals surface area contributed by atoms with E-state index in [1.165, 1.54) is 23.3 Å². The second-order valence-corrected chi connectivity index (χ2v) is 6.50. The fourth-order valence-corrected chi connectivity index (χ4v) is 3.88. The highest BCUT2D eigenvalue weighted by atomic mass is 19.1. The maximum Gasteiger partial charge on any atom is 0.140 e. The van der Waals surface area contributed by atoms with Gasteiger partial charge in [-0.05, 0) is 41.7 Å². The first-order valence-corrected chi connectivity index (χ1v) is 8.52. The predicted octanol–water partition coefficient (Wildman–Crippen LogP) is 4.84. The molecule has 0 bridgehead atoms. The highest BCUT2D eigenvalue weighted by molar-refractivity contribution is 5.86. The van der Waals surface area contributed by atoms with Crippen LogP contribution >= 0.6 is 0 Å². The van der Waals surface area contributed by atoms with Crippen LogP contribution in [0.1, 0.15) is 48.5 Å². The summed E-state index contributed by atoms with van der Waals surface area (Å²) in [4.78, 5) is 12.9. The number of ether oxygens (including phenoxy) is 1. The Balaban J connectivity index is 1.75. The van der Waals surface area contributed by atoms with Gasteiger partial charge in [-0.3, -0.25) is 4.79 Å². The monoisotopic (exact) mass is 326 g/mol. The first kappa shape index (κ1) is 16.8. The number of benzene rings is 2. The topological polar surface area (TPSA) is 26.3 Å². The Bertz CT molecular complexity index is 708. The molecule has 3 rings (SSSR count). The van der Waals surface area contributed by atoms with Crippen LogP contribution in [0.3, 0.4) is 0 Å². The van der Waals surface area contributed by atoms with Crippen LogP contribution in [-0.4, -0.2) is 12.9 Å². The van der Waals surface area contributed by atoms with Crippen LogP contribution in [-0.2, 0) is 16.0 Å². The maximum absolute atomic E-state index is 13.1. The molecule has 0 heterocycles. The van der Waals surface area contributed by atoms with Gasteiger partial charge in [-0.15, -0.1) is 0 Å². The van der Waals surface area contributed by atoms with Gasteiger partial charge in [0.15, 0.2) is 0 Å². The molecule has 2 nitrogen and oxygen atoms in total. The van der Waals surface area contributed by atoms with Crippen LogP contribution < -0.4 is 0 Å². The minimum absolute atomic E-state index is 0.0177. The molecule has 0 spiro atoms. The number of Topliss-reactive ketones (excluding diaryl/α,β-unsaturated/α-hetero) is 1. The molecule has 3 heteroatoms. The summed E-state index contributed by atoms with van der Waals surface area (Å²) < 4.78 is 18.8. The molecule has 2 aromatic carbocycles. The second kappa shape index (κ2) is 7.27. The van der Waals surface area contributed by atoms with Crippen molar-refractivity contribution in [3.63, 3.8) is 0 Å². The lowest BCUT2D eigenvalue weighted by atomic mass is 9.85. The lowest BCUT2D eigenvalue weighted by Gasteiger charge is -2.21. The summed E-state index contributed by atoms with van der Waals surface area (Å²) in [6.45, 7) is 2.00. The Morgan fingerprint density at radius 3 is 2.58 bits per heavy atom. The molecule has 1 aliphatic carbocycles. The first-order chi connectivity index (χ1) is 11.6. The lowest BCUT2D eigenvalue weighted by Crippen LogP contribution is -2.19. The molecule has 0 amide bonds. The molecule has 0 aromatic heterocycles. The van der Waals surface area contributed by atoms with Gasteiger partial charge in [-0.25, -0.2) is 4.39 Å². The Hall–Kier alpha value is -2.00. The zero-order valence-electron chi connectivity index (χ0n) is 14.2. The zero-order chi connectivity index (χ0) is 17.1. The molecule has 2 unspecified atom stereocenters. The van der Waals surface area contributed by atoms with E-state index in [9.17, 15) is 9.18 Å². The number of rotatable bonds is 6. The molecule has 0 radical (unpaired) electrons. The molecular formula is C21H23FO2. The van der Waals surface area contributed by atoms with Crippen molar-refractivity contribution in [2.45, 2.75) is 38.2 Å². The number of fused-ring (bicyclic) bond motifs is 1. The van der Waals surface area contributed by atoms with E-state index < -0.39 is 0 Å². The van der Waals surface area contributed by atoms with E-state index in [1.54, 1.807) is 19.2 Å². The van der Waals surface area contributed by atoms with Gasteiger partial charge in [0.25, 0.3) is 0 Å². The van der Waals surface area contributed by atoms with E-state index >= 15 is 0 Å². The molecule has 0 saturated heterocycles. The summed E-state index contributed by atoms with van der Waals surface area (Å²) in [6, 6.07) is 14.5. The molecule has 3 atom stereocenters. The smallest absolute Gasteiger partial charge is 0.140 e. The van der Waals surface area contributed by atoms with Gasteiger partial charge in [-0.1, -0.05) is 43.3 Å². The van der Waals surface area contributed by atoms with Crippen LogP contribution in [0.5, 0.6) is 0 Å². The number of methoxy groups -OCH3 is 1. The molecule has 2 aromatic rings. The quantitative estimate of drug-likeness (QED) is 0.759. The number of ketones is 1. The van der Waals surface area contributed by atoms with Crippen molar-refractivity contribution in [3.05, 3.63) is 71.0 Å². The number of hydrogen-bond acceptors (Lipinski definition) is 2. The average Bonchev–Trinajstić information content (AvgIpc) is 2.94. The Kier molecular flexibility index (Phi) is 5.10. The zero-order valence-corrected chi connectivity index (χ0v) is 14.2. The second-order valence-electron chi connectivity index (χ2n) is 6.50. The number of hydrogen-bond donors (Lipinski definition) is 0. The van der Waals surface area contributed by atoms with Crippen LogP contribution in [0.15, 0.2) is 48.5 Å². The Morgan fingerprint density at radius 1 is 1.21 bits per heavy atom. The fourth-order valence-electron chi connectivity index (χ4n) is 3.88. The van der Waals surface area contributed by atoms with E-state index in [-0.39, 0.29) is 29.5 Å². The van der Waals surface area contributed by atoms with Gasteiger partial charge >= 0.3 is 0 Å². The molecule has 126 valence electrons. The van der Waals surface area contributed by atoms with E-state index in [4.69, 9.17) is 4.74 Å². The van der Waals surface area contributed by atoms with Crippen LogP contribution in [0, 0.1) is 11.7 Å². The third-order valence-corrected chi connectivity index (χ3v) is 5.06. The van der Waals surface area contributed by atoms with Crippen molar-refractivity contribution in [1.82, 2.24) is 0 Å². The summed E-state index contributed by atoms with van der Waals surface area (Å²) in [5, 5.41) is 0. The van der Waals surface area contributed by atoms with Gasteiger partial charge in [0.1, 0.15) is 11.6 Å². The molecular weight excluding hydrogens is 303 g/mol. The van der Waals surface area contributed by atoms with Gasteiger partial charge in [0.05, 0.1) is 6.10 Å². The van der Waals surface area contributed by atoms with Gasteiger partial charge in [0.2, 0.25) is 0 Å². The molecule has 0 N–H and O–H groups in total. The summed E-state index contributed by atoms with van der Waals surface area (Å²) in [7, 11) is 1.71. The fraction of sp³-hybridized carbons (Fsp3) is 0.381. The Labute approximate surface area is 142 Å². The molecule has 0 aliphatic heterocycles. The van der Waals surface area contributed by atoms with Crippen LogP contribution in [0.25, 0.3) is 0 Å². The number of halogens is 1. The van der Waals surface area contributed by atoms with Crippen molar-refractivity contribution in [3.8, 4) is 0 Å². The highest BCUT2D eigenvalue weighted by Gasteiger charge is 2.35. The largest absolute Gasteiger partial charge is 0.376 e. The molecule has 1 aliphatic rings. The van der Waals surface area contributed by atoms with Crippen molar-refractivity contribution < 1.29 is 13.9 Å². The van der Waals surface area contributed by atoms with Crippen molar-refractivity contribution in [2.75, 3.05) is 7.11 Å².